The molecule has 20 heavy (non-hydrogen) atoms. The molecule has 2 rings (SSSR count). The maximum atomic E-state index is 8.57. The molecule has 0 radical (unpaired) electrons. The molecule has 2 unspecified atom stereocenters. The van der Waals surface area contributed by atoms with E-state index >= 15 is 0 Å². The van der Waals surface area contributed by atoms with E-state index in [9.17, 15) is 0 Å². The number of oxime groups is 1. The van der Waals surface area contributed by atoms with Crippen molar-refractivity contribution in [1.29, 1.82) is 0 Å². The Morgan fingerprint density at radius 1 is 1.40 bits per heavy atom. The average Bonchev–Trinajstić information content (AvgIpc) is 2.36. The van der Waals surface area contributed by atoms with Gasteiger partial charge in [-0.3, -0.25) is 0 Å². The molecule has 6 heteroatoms. The molecule has 0 spiro atoms. The lowest BCUT2D eigenvalue weighted by molar-refractivity contribution is 0.0529. The highest BCUT2D eigenvalue weighted by Gasteiger charge is 2.33. The van der Waals surface area contributed by atoms with E-state index in [0.29, 0.717) is 22.9 Å². The van der Waals surface area contributed by atoms with Crippen LogP contribution in [0.3, 0.4) is 0 Å². The van der Waals surface area contributed by atoms with Crippen molar-refractivity contribution in [2.24, 2.45) is 22.2 Å². The second-order valence-electron chi connectivity index (χ2n) is 6.38. The van der Waals surface area contributed by atoms with E-state index in [1.165, 1.54) is 18.8 Å². The molecule has 6 nitrogen and oxygen atoms in total. The third-order valence-corrected chi connectivity index (χ3v) is 3.63. The van der Waals surface area contributed by atoms with Crippen LogP contribution in [0.2, 0.25) is 0 Å². The molecular weight excluding hydrogens is 256 g/mol. The molecule has 1 saturated carbocycles. The Kier molecular flexibility index (Phi) is 4.11. The van der Waals surface area contributed by atoms with Crippen LogP contribution in [0.15, 0.2) is 17.5 Å². The molecule has 1 aromatic rings. The summed E-state index contributed by atoms with van der Waals surface area (Å²) in [7, 11) is 0. The SMILES string of the molecule is CC1CC(Oc2cnc(C(N)=NO)cn2)CC(C)(C)C1. The fourth-order valence-electron chi connectivity index (χ4n) is 3.08. The number of hydrogen-bond donors (Lipinski definition) is 2. The summed E-state index contributed by atoms with van der Waals surface area (Å²) in [5, 5.41) is 11.5. The summed E-state index contributed by atoms with van der Waals surface area (Å²) in [6, 6.07) is 0. The van der Waals surface area contributed by atoms with E-state index in [0.717, 1.165) is 12.8 Å². The summed E-state index contributed by atoms with van der Waals surface area (Å²) in [5.74, 6) is 1.07. The first-order chi connectivity index (χ1) is 9.39. The van der Waals surface area contributed by atoms with Crippen molar-refractivity contribution in [1.82, 2.24) is 9.97 Å². The summed E-state index contributed by atoms with van der Waals surface area (Å²) in [5.41, 5.74) is 6.07. The fourth-order valence-corrected chi connectivity index (χ4v) is 3.08. The van der Waals surface area contributed by atoms with Gasteiger partial charge >= 0.3 is 0 Å². The summed E-state index contributed by atoms with van der Waals surface area (Å²) in [6.07, 6.45) is 6.40. The first-order valence-electron chi connectivity index (χ1n) is 6.86. The summed E-state index contributed by atoms with van der Waals surface area (Å²) >= 11 is 0. The average molecular weight is 278 g/mol. The molecule has 1 fully saturated rings. The molecule has 2 atom stereocenters. The zero-order valence-corrected chi connectivity index (χ0v) is 12.2. The van der Waals surface area contributed by atoms with Gasteiger partial charge < -0.3 is 15.7 Å². The lowest BCUT2D eigenvalue weighted by Crippen LogP contribution is -2.34. The van der Waals surface area contributed by atoms with E-state index in [4.69, 9.17) is 15.7 Å². The molecule has 110 valence electrons. The van der Waals surface area contributed by atoms with Crippen molar-refractivity contribution in [3.8, 4) is 5.88 Å². The van der Waals surface area contributed by atoms with Crippen LogP contribution in [-0.4, -0.2) is 27.1 Å². The minimum atomic E-state index is -0.0588. The van der Waals surface area contributed by atoms with E-state index in [2.05, 4.69) is 35.9 Å². The van der Waals surface area contributed by atoms with Gasteiger partial charge in [-0.05, 0) is 30.6 Å². The predicted molar refractivity (Wildman–Crippen MR) is 75.8 cm³/mol. The fraction of sp³-hybridized carbons (Fsp3) is 0.643. The van der Waals surface area contributed by atoms with Crippen molar-refractivity contribution in [2.75, 3.05) is 0 Å². The number of amidine groups is 1. The van der Waals surface area contributed by atoms with Crippen LogP contribution < -0.4 is 10.5 Å². The van der Waals surface area contributed by atoms with E-state index in [1.807, 2.05) is 0 Å². The topological polar surface area (TPSA) is 93.6 Å². The summed E-state index contributed by atoms with van der Waals surface area (Å²) in [6.45, 7) is 6.79. The number of hydrogen-bond acceptors (Lipinski definition) is 5. The Hall–Kier alpha value is -1.85. The number of nitrogens with two attached hydrogens (primary N) is 1. The Morgan fingerprint density at radius 3 is 2.70 bits per heavy atom. The molecule has 0 bridgehead atoms. The van der Waals surface area contributed by atoms with Gasteiger partial charge in [0.05, 0.1) is 12.4 Å². The van der Waals surface area contributed by atoms with Crippen molar-refractivity contribution in [2.45, 2.75) is 46.1 Å². The van der Waals surface area contributed by atoms with E-state index in [-0.39, 0.29) is 11.9 Å². The van der Waals surface area contributed by atoms with Gasteiger partial charge in [-0.2, -0.15) is 0 Å². The largest absolute Gasteiger partial charge is 0.473 e. The highest BCUT2D eigenvalue weighted by atomic mass is 16.5. The number of nitrogens with zero attached hydrogens (tertiary/aromatic N) is 3. The van der Waals surface area contributed by atoms with E-state index in [1.54, 1.807) is 0 Å². The van der Waals surface area contributed by atoms with E-state index < -0.39 is 0 Å². The molecule has 0 aliphatic heterocycles. The monoisotopic (exact) mass is 278 g/mol. The molecule has 1 aromatic heterocycles. The standard InChI is InChI=1S/C14H22N4O2/c1-9-4-10(6-14(2,3)5-9)20-12-8-16-11(7-17-12)13(15)18-19/h7-10,19H,4-6H2,1-3H3,(H2,15,18). The molecule has 1 aliphatic carbocycles. The molecular formula is C14H22N4O2. The predicted octanol–water partition coefficient (Wildman–Crippen LogP) is 2.16. The number of rotatable bonds is 3. The molecule has 0 amide bonds. The van der Waals surface area contributed by atoms with Crippen LogP contribution in [0.25, 0.3) is 0 Å². The van der Waals surface area contributed by atoms with Crippen LogP contribution in [0.5, 0.6) is 5.88 Å². The van der Waals surface area contributed by atoms with Crippen LogP contribution in [-0.2, 0) is 0 Å². The minimum absolute atomic E-state index is 0.0588. The lowest BCUT2D eigenvalue weighted by Gasteiger charge is -2.38. The van der Waals surface area contributed by atoms with Crippen molar-refractivity contribution in [3.63, 3.8) is 0 Å². The Labute approximate surface area is 119 Å². The van der Waals surface area contributed by atoms with Crippen molar-refractivity contribution >= 4 is 5.84 Å². The van der Waals surface area contributed by atoms with Crippen LogP contribution in [0.4, 0.5) is 0 Å². The Bertz CT molecular complexity index is 484. The first kappa shape index (κ1) is 14.6. The molecule has 0 aromatic carbocycles. The second-order valence-corrected chi connectivity index (χ2v) is 6.38. The molecule has 1 aliphatic rings. The normalized spacial score (nSPS) is 26.2. The van der Waals surface area contributed by atoms with Gasteiger partial charge in [-0.1, -0.05) is 25.9 Å². The number of ether oxygens (including phenoxy) is 1. The van der Waals surface area contributed by atoms with Gasteiger partial charge in [0.25, 0.3) is 0 Å². The third kappa shape index (κ3) is 3.59. The summed E-state index contributed by atoms with van der Waals surface area (Å²) in [4.78, 5) is 8.22. The van der Waals surface area contributed by atoms with Gasteiger partial charge in [0.1, 0.15) is 11.8 Å². The van der Waals surface area contributed by atoms with Crippen LogP contribution in [0.1, 0.15) is 45.7 Å². The molecule has 3 N–H and O–H groups in total. The van der Waals surface area contributed by atoms with Gasteiger partial charge in [0.2, 0.25) is 5.88 Å². The van der Waals surface area contributed by atoms with Crippen molar-refractivity contribution in [3.05, 3.63) is 18.1 Å². The Balaban J connectivity index is 2.03. The smallest absolute Gasteiger partial charge is 0.232 e. The zero-order chi connectivity index (χ0) is 14.8. The van der Waals surface area contributed by atoms with Crippen LogP contribution in [0, 0.1) is 11.3 Å². The maximum Gasteiger partial charge on any atom is 0.232 e. The highest BCUT2D eigenvalue weighted by molar-refractivity contribution is 5.94. The Morgan fingerprint density at radius 2 is 2.15 bits per heavy atom. The van der Waals surface area contributed by atoms with Gasteiger partial charge in [0.15, 0.2) is 5.84 Å². The third-order valence-electron chi connectivity index (χ3n) is 3.63. The highest BCUT2D eigenvalue weighted by Crippen LogP contribution is 2.39. The molecule has 0 saturated heterocycles. The first-order valence-corrected chi connectivity index (χ1v) is 6.86. The van der Waals surface area contributed by atoms with Crippen molar-refractivity contribution < 1.29 is 9.94 Å². The van der Waals surface area contributed by atoms with Gasteiger partial charge in [0, 0.05) is 0 Å². The van der Waals surface area contributed by atoms with Crippen LogP contribution >= 0.6 is 0 Å². The zero-order valence-electron chi connectivity index (χ0n) is 12.2. The lowest BCUT2D eigenvalue weighted by atomic mass is 9.71. The minimum Gasteiger partial charge on any atom is -0.473 e. The summed E-state index contributed by atoms with van der Waals surface area (Å²) < 4.78 is 5.91. The van der Waals surface area contributed by atoms with Gasteiger partial charge in [-0.15, -0.1) is 0 Å². The quantitative estimate of drug-likeness (QED) is 0.382. The second kappa shape index (κ2) is 5.64. The molecule has 1 heterocycles. The van der Waals surface area contributed by atoms with Gasteiger partial charge in [-0.25, -0.2) is 9.97 Å². The number of aromatic nitrogens is 2. The maximum absolute atomic E-state index is 8.57.